The van der Waals surface area contributed by atoms with E-state index in [0.717, 1.165) is 12.0 Å². The molecule has 13 heteroatoms. The van der Waals surface area contributed by atoms with Crippen LogP contribution in [-0.2, 0) is 25.0 Å². The molecule has 4 aliphatic rings. The molecule has 36 heavy (non-hydrogen) atoms. The second-order valence-electron chi connectivity index (χ2n) is 9.85. The number of anilines is 1. The van der Waals surface area contributed by atoms with Crippen LogP contribution in [-0.4, -0.2) is 79.5 Å². The van der Waals surface area contributed by atoms with Gasteiger partial charge in [-0.3, -0.25) is 0 Å². The Labute approximate surface area is 210 Å². The van der Waals surface area contributed by atoms with E-state index in [1.807, 2.05) is 18.9 Å². The van der Waals surface area contributed by atoms with Crippen molar-refractivity contribution in [3.05, 3.63) is 48.4 Å². The summed E-state index contributed by atoms with van der Waals surface area (Å²) >= 11 is 0. The predicted molar refractivity (Wildman–Crippen MR) is 133 cm³/mol. The number of benzene rings is 1. The fourth-order valence-corrected chi connectivity index (χ4v) is 7.98. The largest absolute Gasteiger partial charge is 0.372 e. The van der Waals surface area contributed by atoms with Gasteiger partial charge in [0.1, 0.15) is 12.1 Å². The van der Waals surface area contributed by atoms with Crippen LogP contribution in [0.4, 0.5) is 5.82 Å². The van der Waals surface area contributed by atoms with Gasteiger partial charge in [0, 0.05) is 44.8 Å². The van der Waals surface area contributed by atoms with E-state index in [0.29, 0.717) is 42.8 Å². The molecule has 2 atom stereocenters. The van der Waals surface area contributed by atoms with Crippen LogP contribution in [0.2, 0.25) is 0 Å². The quantitative estimate of drug-likeness (QED) is 0.482. The van der Waals surface area contributed by atoms with Gasteiger partial charge in [-0.1, -0.05) is 17.7 Å². The summed E-state index contributed by atoms with van der Waals surface area (Å²) in [5.74, 6) is 0.609. The molecule has 3 aromatic rings. The van der Waals surface area contributed by atoms with Gasteiger partial charge < -0.3 is 9.64 Å². The van der Waals surface area contributed by atoms with Gasteiger partial charge >= 0.3 is 0 Å². The van der Waals surface area contributed by atoms with Crippen LogP contribution < -0.4 is 9.62 Å². The first-order valence-electron chi connectivity index (χ1n) is 11.9. The predicted octanol–water partition coefficient (Wildman–Crippen LogP) is 1.25. The molecule has 1 aliphatic carbocycles. The van der Waals surface area contributed by atoms with E-state index < -0.39 is 20.2 Å². The maximum absolute atomic E-state index is 13.2. The smallest absolute Gasteiger partial charge is 0.279 e. The molecule has 3 aliphatic heterocycles. The van der Waals surface area contributed by atoms with Gasteiger partial charge in [0.25, 0.3) is 20.2 Å². The van der Waals surface area contributed by atoms with Crippen molar-refractivity contribution in [3.63, 3.8) is 0 Å². The molecule has 1 N–H and O–H groups in total. The van der Waals surface area contributed by atoms with Gasteiger partial charge in [-0.25, -0.2) is 22.4 Å². The summed E-state index contributed by atoms with van der Waals surface area (Å²) in [5, 5.41) is 0.618. The Hall–Kier alpha value is -2.58. The van der Waals surface area contributed by atoms with Crippen molar-refractivity contribution >= 4 is 37.1 Å². The minimum absolute atomic E-state index is 0.0166. The molecule has 0 radical (unpaired) electrons. The lowest BCUT2D eigenvalue weighted by molar-refractivity contribution is -0.164. The molecule has 1 saturated carbocycles. The summed E-state index contributed by atoms with van der Waals surface area (Å²) < 4.78 is 63.1. The van der Waals surface area contributed by atoms with Crippen LogP contribution in [0.3, 0.4) is 0 Å². The van der Waals surface area contributed by atoms with Crippen LogP contribution in [0.1, 0.15) is 24.8 Å². The number of aryl methyl sites for hydroxylation is 1. The number of rotatable bonds is 7. The van der Waals surface area contributed by atoms with E-state index in [1.165, 1.54) is 20.8 Å². The maximum atomic E-state index is 13.2. The molecule has 2 unspecified atom stereocenters. The van der Waals surface area contributed by atoms with Crippen LogP contribution in [0.5, 0.6) is 0 Å². The summed E-state index contributed by atoms with van der Waals surface area (Å²) in [4.78, 5) is 10.8. The molecule has 11 nitrogen and oxygen atoms in total. The molecule has 2 bridgehead atoms. The average Bonchev–Trinajstić information content (AvgIpc) is 3.26. The molecule has 0 amide bonds. The number of morpholine rings is 1. The van der Waals surface area contributed by atoms with Gasteiger partial charge in [-0.05, 0) is 38.0 Å². The van der Waals surface area contributed by atoms with Gasteiger partial charge in [-0.2, -0.15) is 17.4 Å². The second kappa shape index (κ2) is 8.48. The summed E-state index contributed by atoms with van der Waals surface area (Å²) in [6, 6.07) is 8.29. The van der Waals surface area contributed by atoms with Crippen LogP contribution in [0.15, 0.2) is 47.8 Å². The van der Waals surface area contributed by atoms with E-state index in [9.17, 15) is 16.8 Å². The van der Waals surface area contributed by atoms with Crippen LogP contribution in [0, 0.1) is 6.92 Å². The topological polar surface area (TPSA) is 127 Å². The zero-order valence-corrected chi connectivity index (χ0v) is 21.6. The Bertz CT molecular complexity index is 1500. The molecule has 5 heterocycles. The molecular formula is C23H28N6O5S2. The highest BCUT2D eigenvalue weighted by molar-refractivity contribution is 7.90. The van der Waals surface area contributed by atoms with Crippen molar-refractivity contribution in [2.24, 2.45) is 0 Å². The summed E-state index contributed by atoms with van der Waals surface area (Å²) in [5.41, 5.74) is 1.27. The van der Waals surface area contributed by atoms with E-state index in [4.69, 9.17) is 4.74 Å². The van der Waals surface area contributed by atoms with Gasteiger partial charge in [0.15, 0.2) is 5.65 Å². The van der Waals surface area contributed by atoms with E-state index in [2.05, 4.69) is 14.7 Å². The molecule has 2 aromatic heterocycles. The Kier molecular flexibility index (Phi) is 5.61. The molecule has 192 valence electrons. The lowest BCUT2D eigenvalue weighted by Gasteiger charge is -2.47. The normalized spacial score (nSPS) is 26.4. The van der Waals surface area contributed by atoms with E-state index >= 15 is 0 Å². The van der Waals surface area contributed by atoms with Crippen molar-refractivity contribution in [2.75, 3.05) is 25.0 Å². The Morgan fingerprint density at radius 1 is 1.00 bits per heavy atom. The van der Waals surface area contributed by atoms with Crippen molar-refractivity contribution < 1.29 is 21.6 Å². The average molecular weight is 533 g/mol. The highest BCUT2D eigenvalue weighted by atomic mass is 32.2. The number of nitrogens with zero attached hydrogens (tertiary/aromatic N) is 5. The van der Waals surface area contributed by atoms with Crippen molar-refractivity contribution in [3.8, 4) is 0 Å². The summed E-state index contributed by atoms with van der Waals surface area (Å²) in [6.07, 6.45) is 5.07. The molecule has 3 saturated heterocycles. The van der Waals surface area contributed by atoms with Crippen LogP contribution >= 0.6 is 0 Å². The zero-order chi connectivity index (χ0) is 25.2. The minimum Gasteiger partial charge on any atom is -0.372 e. The van der Waals surface area contributed by atoms with Crippen molar-refractivity contribution in [2.45, 2.75) is 55.4 Å². The maximum Gasteiger partial charge on any atom is 0.279 e. The molecule has 1 aromatic carbocycles. The third-order valence-corrected chi connectivity index (χ3v) is 10.7. The number of hydrogen-bond acceptors (Lipinski definition) is 8. The van der Waals surface area contributed by atoms with Crippen molar-refractivity contribution in [1.29, 1.82) is 0 Å². The highest BCUT2D eigenvalue weighted by Crippen LogP contribution is 2.34. The Morgan fingerprint density at radius 2 is 1.67 bits per heavy atom. The highest BCUT2D eigenvalue weighted by Gasteiger charge is 2.44. The number of hydrogen-bond donors (Lipinski definition) is 1. The van der Waals surface area contributed by atoms with Gasteiger partial charge in [0.2, 0.25) is 0 Å². The Morgan fingerprint density at radius 3 is 2.33 bits per heavy atom. The fourth-order valence-electron chi connectivity index (χ4n) is 5.19. The second-order valence-corrected chi connectivity index (χ2v) is 13.4. The number of nitrogens with one attached hydrogen (secondary N) is 1. The lowest BCUT2D eigenvalue weighted by atomic mass is 9.86. The van der Waals surface area contributed by atoms with E-state index in [1.54, 1.807) is 30.3 Å². The standard InChI is InChI=1S/C23H28N6O5S2/c1-15-3-5-20(6-4-15)35(30,31)29-8-7-21-22(24-14-25-23(21)29)27(2)17-9-16(10-17)26-36(32,33)28-12-18-11-19(13-28)34-18/h3-8,14,16-19,26H,9-13H2,1-2H3/t16-,17+,18?,19?. The monoisotopic (exact) mass is 532 g/mol. The zero-order valence-electron chi connectivity index (χ0n) is 20.0. The minimum atomic E-state index is -3.82. The molecular weight excluding hydrogens is 504 g/mol. The SMILES string of the molecule is Cc1ccc(S(=O)(=O)n2ccc3c(N(C)[C@H]4C[C@@H](NS(=O)(=O)N5CC6CC(C5)O6)C4)ncnc32)cc1. The molecule has 4 fully saturated rings. The number of piperidine rings is 1. The number of ether oxygens (including phenoxy) is 1. The summed E-state index contributed by atoms with van der Waals surface area (Å²) in [6.45, 7) is 2.71. The molecule has 0 spiro atoms. The Balaban J connectivity index is 1.17. The first-order valence-corrected chi connectivity index (χ1v) is 14.8. The first-order chi connectivity index (χ1) is 17.1. The lowest BCUT2D eigenvalue weighted by Crippen LogP contribution is -2.62. The fraction of sp³-hybridized carbons (Fsp3) is 0.478. The van der Waals surface area contributed by atoms with Gasteiger partial charge in [-0.15, -0.1) is 0 Å². The number of fused-ring (bicyclic) bond motifs is 3. The third-order valence-electron chi connectivity index (χ3n) is 7.38. The van der Waals surface area contributed by atoms with Crippen LogP contribution in [0.25, 0.3) is 11.0 Å². The van der Waals surface area contributed by atoms with E-state index in [-0.39, 0.29) is 29.2 Å². The number of aromatic nitrogens is 3. The summed E-state index contributed by atoms with van der Waals surface area (Å²) in [7, 11) is -5.48. The third kappa shape index (κ3) is 3.98. The van der Waals surface area contributed by atoms with Crippen molar-refractivity contribution in [1.82, 2.24) is 23.0 Å². The van der Waals surface area contributed by atoms with Gasteiger partial charge in [0.05, 0.1) is 22.5 Å². The molecule has 7 rings (SSSR count). The first kappa shape index (κ1) is 23.8.